The van der Waals surface area contributed by atoms with E-state index in [4.69, 9.17) is 5.73 Å². The van der Waals surface area contributed by atoms with Crippen molar-refractivity contribution in [3.63, 3.8) is 0 Å². The molecule has 4 heterocycles. The van der Waals surface area contributed by atoms with Gasteiger partial charge in [0.1, 0.15) is 18.3 Å². The Morgan fingerprint density at radius 3 is 3.04 bits per heavy atom. The second-order valence-corrected chi connectivity index (χ2v) is 7.21. The van der Waals surface area contributed by atoms with Gasteiger partial charge in [-0.2, -0.15) is 0 Å². The monoisotopic (exact) mass is 354 g/mol. The van der Waals surface area contributed by atoms with Gasteiger partial charge >= 0.3 is 0 Å². The first kappa shape index (κ1) is 17.3. The van der Waals surface area contributed by atoms with Crippen LogP contribution >= 0.6 is 0 Å². The molecule has 0 radical (unpaired) electrons. The minimum absolute atomic E-state index is 0.0314. The maximum atomic E-state index is 13.5. The Kier molecular flexibility index (Phi) is 4.98. The zero-order valence-electron chi connectivity index (χ0n) is 14.2. The lowest BCUT2D eigenvalue weighted by Gasteiger charge is -2.39. The quantitative estimate of drug-likeness (QED) is 0.372. The maximum Gasteiger partial charge on any atom is 0.230 e. The summed E-state index contributed by atoms with van der Waals surface area (Å²) in [6.07, 6.45) is 0.148. The van der Waals surface area contributed by atoms with E-state index in [1.165, 1.54) is 6.21 Å². The van der Waals surface area contributed by atoms with E-state index in [-0.39, 0.29) is 18.5 Å². The molecule has 4 aliphatic rings. The van der Waals surface area contributed by atoms with Gasteiger partial charge in [0.05, 0.1) is 18.8 Å². The van der Waals surface area contributed by atoms with Crippen molar-refractivity contribution < 1.29 is 9.18 Å². The Morgan fingerprint density at radius 2 is 2.24 bits per heavy atom. The summed E-state index contributed by atoms with van der Waals surface area (Å²) in [5, 5.41) is 11.5. The molecule has 0 aliphatic carbocycles. The SMILES string of the molecule is NC1NN2CC(F)C=NC2C1C(=O)NC1CNCCC1N1CCNC1. The van der Waals surface area contributed by atoms with Crippen molar-refractivity contribution in [3.8, 4) is 0 Å². The zero-order chi connectivity index (χ0) is 17.4. The van der Waals surface area contributed by atoms with Gasteiger partial charge in [0.2, 0.25) is 5.91 Å². The summed E-state index contributed by atoms with van der Waals surface area (Å²) in [6, 6.07) is 0.343. The lowest BCUT2D eigenvalue weighted by atomic mass is 9.97. The van der Waals surface area contributed by atoms with Gasteiger partial charge in [0.15, 0.2) is 0 Å². The van der Waals surface area contributed by atoms with Gasteiger partial charge in [-0.25, -0.2) is 14.8 Å². The average molecular weight is 354 g/mol. The third-order valence-electron chi connectivity index (χ3n) is 5.55. The fourth-order valence-electron chi connectivity index (χ4n) is 4.29. The van der Waals surface area contributed by atoms with Gasteiger partial charge in [-0.1, -0.05) is 0 Å². The molecule has 0 aromatic carbocycles. The van der Waals surface area contributed by atoms with Gasteiger partial charge in [-0.15, -0.1) is 0 Å². The van der Waals surface area contributed by atoms with Crippen LogP contribution in [0.4, 0.5) is 4.39 Å². The second kappa shape index (κ2) is 7.22. The van der Waals surface area contributed by atoms with E-state index in [0.717, 1.165) is 39.3 Å². The van der Waals surface area contributed by atoms with E-state index in [0.29, 0.717) is 6.04 Å². The summed E-state index contributed by atoms with van der Waals surface area (Å²) in [6.45, 7) is 4.71. The van der Waals surface area contributed by atoms with E-state index < -0.39 is 24.4 Å². The van der Waals surface area contributed by atoms with Crippen LogP contribution in [0.2, 0.25) is 0 Å². The number of carbonyl (C=O) groups excluding carboxylic acids is 1. The highest BCUT2D eigenvalue weighted by Crippen LogP contribution is 2.25. The van der Waals surface area contributed by atoms with Gasteiger partial charge in [0, 0.05) is 38.6 Å². The number of nitrogens with two attached hydrogens (primary N) is 1. The third kappa shape index (κ3) is 3.42. The molecule has 3 saturated heterocycles. The second-order valence-electron chi connectivity index (χ2n) is 7.21. The van der Waals surface area contributed by atoms with Crippen LogP contribution in [0.15, 0.2) is 4.99 Å². The minimum atomic E-state index is -1.13. The van der Waals surface area contributed by atoms with Crippen LogP contribution in [0.3, 0.4) is 0 Å². The van der Waals surface area contributed by atoms with Crippen LogP contribution in [0.5, 0.6) is 0 Å². The summed E-state index contributed by atoms with van der Waals surface area (Å²) >= 11 is 0. The normalized spacial score (nSPS) is 42.5. The highest BCUT2D eigenvalue weighted by atomic mass is 19.1. The number of alkyl halides is 1. The number of rotatable bonds is 3. The van der Waals surface area contributed by atoms with Crippen molar-refractivity contribution >= 4 is 12.1 Å². The molecule has 0 aromatic rings. The maximum absolute atomic E-state index is 13.5. The highest BCUT2D eigenvalue weighted by molar-refractivity contribution is 5.81. The largest absolute Gasteiger partial charge is 0.350 e. The molecular weight excluding hydrogens is 327 g/mol. The van der Waals surface area contributed by atoms with Crippen LogP contribution < -0.4 is 27.1 Å². The summed E-state index contributed by atoms with van der Waals surface area (Å²) in [5.74, 6) is -0.643. The molecule has 25 heavy (non-hydrogen) atoms. The van der Waals surface area contributed by atoms with Crippen LogP contribution in [0, 0.1) is 5.92 Å². The van der Waals surface area contributed by atoms with Crippen LogP contribution in [-0.2, 0) is 4.79 Å². The zero-order valence-corrected chi connectivity index (χ0v) is 14.2. The summed E-state index contributed by atoms with van der Waals surface area (Å²) < 4.78 is 13.5. The lowest BCUT2D eigenvalue weighted by molar-refractivity contribution is -0.127. The van der Waals surface area contributed by atoms with Crippen molar-refractivity contribution in [1.29, 1.82) is 0 Å². The molecule has 4 rings (SSSR count). The van der Waals surface area contributed by atoms with E-state index in [1.54, 1.807) is 5.01 Å². The lowest BCUT2D eigenvalue weighted by Crippen LogP contribution is -2.61. The van der Waals surface area contributed by atoms with Gasteiger partial charge < -0.3 is 21.7 Å². The molecule has 0 bridgehead atoms. The van der Waals surface area contributed by atoms with E-state index in [9.17, 15) is 9.18 Å². The molecule has 10 heteroatoms. The number of aliphatic imine (C=N–C) groups is 1. The summed E-state index contributed by atoms with van der Waals surface area (Å²) in [5.41, 5.74) is 9.08. The van der Waals surface area contributed by atoms with Gasteiger partial charge in [-0.3, -0.25) is 14.7 Å². The van der Waals surface area contributed by atoms with E-state index in [2.05, 4.69) is 31.3 Å². The van der Waals surface area contributed by atoms with Crippen molar-refractivity contribution in [3.05, 3.63) is 0 Å². The molecule has 6 unspecified atom stereocenters. The van der Waals surface area contributed by atoms with Crippen molar-refractivity contribution in [2.45, 2.75) is 37.0 Å². The van der Waals surface area contributed by atoms with Crippen LogP contribution in [0.1, 0.15) is 6.42 Å². The molecule has 6 atom stereocenters. The Labute approximate surface area is 146 Å². The Bertz CT molecular complexity index is 528. The summed E-state index contributed by atoms with van der Waals surface area (Å²) in [7, 11) is 0. The molecule has 140 valence electrons. The number of piperidine rings is 1. The molecule has 6 N–H and O–H groups in total. The molecule has 3 fully saturated rings. The summed E-state index contributed by atoms with van der Waals surface area (Å²) in [4.78, 5) is 19.5. The number of halogens is 1. The Hall–Kier alpha value is -1.17. The number of hydrogen-bond donors (Lipinski definition) is 5. The number of hydrazine groups is 1. The average Bonchev–Trinajstić information content (AvgIpc) is 3.22. The van der Waals surface area contributed by atoms with Crippen molar-refractivity contribution in [1.82, 2.24) is 31.3 Å². The fraction of sp³-hybridized carbons (Fsp3) is 0.867. The van der Waals surface area contributed by atoms with Crippen molar-refractivity contribution in [2.24, 2.45) is 16.6 Å². The molecular formula is C15H27FN8O. The van der Waals surface area contributed by atoms with Gasteiger partial charge in [-0.05, 0) is 13.0 Å². The smallest absolute Gasteiger partial charge is 0.230 e. The highest BCUT2D eigenvalue weighted by Gasteiger charge is 2.47. The van der Waals surface area contributed by atoms with Crippen LogP contribution in [-0.4, -0.2) is 92.0 Å². The Balaban J connectivity index is 1.44. The van der Waals surface area contributed by atoms with Crippen LogP contribution in [0.25, 0.3) is 0 Å². The number of nitrogens with one attached hydrogen (secondary N) is 4. The third-order valence-corrected chi connectivity index (χ3v) is 5.55. The number of fused-ring (bicyclic) bond motifs is 1. The Morgan fingerprint density at radius 1 is 1.36 bits per heavy atom. The molecule has 0 spiro atoms. The fourth-order valence-corrected chi connectivity index (χ4v) is 4.29. The van der Waals surface area contributed by atoms with Gasteiger partial charge in [0.25, 0.3) is 0 Å². The predicted octanol–water partition coefficient (Wildman–Crippen LogP) is -2.83. The number of hydrogen-bond acceptors (Lipinski definition) is 8. The topological polar surface area (TPSA) is 110 Å². The first-order valence-electron chi connectivity index (χ1n) is 9.05. The molecule has 0 saturated carbocycles. The van der Waals surface area contributed by atoms with E-state index in [1.807, 2.05) is 0 Å². The van der Waals surface area contributed by atoms with E-state index >= 15 is 0 Å². The molecule has 4 aliphatic heterocycles. The number of carbonyl (C=O) groups is 1. The molecule has 0 aromatic heterocycles. The number of nitrogens with zero attached hydrogens (tertiary/aromatic N) is 3. The minimum Gasteiger partial charge on any atom is -0.350 e. The first-order valence-corrected chi connectivity index (χ1v) is 9.05. The molecule has 1 amide bonds. The number of amides is 1. The standard InChI is InChI=1S/C15H27FN8O/c16-9-5-20-14-12(13(17)22-24(14)7-9)15(25)21-10-6-18-2-1-11(10)23-4-3-19-8-23/h5,9-14,18-19,22H,1-4,6-8,17H2,(H,21,25). The van der Waals surface area contributed by atoms with Crippen molar-refractivity contribution in [2.75, 3.05) is 39.4 Å². The molecule has 9 nitrogen and oxygen atoms in total. The predicted molar refractivity (Wildman–Crippen MR) is 91.3 cm³/mol. The first-order chi connectivity index (χ1) is 12.1.